The Morgan fingerprint density at radius 1 is 1.00 bits per heavy atom. The summed E-state index contributed by atoms with van der Waals surface area (Å²) in [6.07, 6.45) is 7.28. The van der Waals surface area contributed by atoms with Gasteiger partial charge in [0.15, 0.2) is 0 Å². The van der Waals surface area contributed by atoms with Crippen molar-refractivity contribution in [3.8, 4) is 16.9 Å². The SMILES string of the molecule is COc1cc(N2CCC3(CCN(C(=O)c4ccc(N5CCCCS5(O)O)cc4)CC3)C2=O)ccc1-c1cn[nH]c1. The van der Waals surface area contributed by atoms with Crippen LogP contribution in [0.25, 0.3) is 11.1 Å². The zero-order valence-electron chi connectivity index (χ0n) is 22.6. The van der Waals surface area contributed by atoms with Gasteiger partial charge in [0.2, 0.25) is 5.91 Å². The molecule has 1 aromatic heterocycles. The van der Waals surface area contributed by atoms with Crippen LogP contribution in [0.5, 0.6) is 5.75 Å². The van der Waals surface area contributed by atoms with E-state index in [1.807, 2.05) is 28.0 Å². The third kappa shape index (κ3) is 4.71. The molecule has 0 atom stereocenters. The first-order chi connectivity index (χ1) is 19.3. The summed E-state index contributed by atoms with van der Waals surface area (Å²) in [6, 6.07) is 12.9. The van der Waals surface area contributed by atoms with Crippen LogP contribution in [-0.4, -0.2) is 75.1 Å². The molecule has 6 rings (SSSR count). The number of piperidine rings is 1. The Morgan fingerprint density at radius 2 is 1.73 bits per heavy atom. The van der Waals surface area contributed by atoms with Gasteiger partial charge in [-0.1, -0.05) is 0 Å². The minimum atomic E-state index is -2.80. The zero-order valence-corrected chi connectivity index (χ0v) is 23.4. The molecule has 0 radical (unpaired) electrons. The summed E-state index contributed by atoms with van der Waals surface area (Å²) in [7, 11) is -1.18. The molecular weight excluding hydrogens is 530 g/mol. The van der Waals surface area contributed by atoms with Crippen LogP contribution >= 0.6 is 10.8 Å². The van der Waals surface area contributed by atoms with Crippen molar-refractivity contribution >= 4 is 34.0 Å². The second-order valence-electron chi connectivity index (χ2n) is 10.8. The summed E-state index contributed by atoms with van der Waals surface area (Å²) in [6.45, 7) is 2.28. The first-order valence-corrected chi connectivity index (χ1v) is 15.4. The molecular formula is C29H35N5O5S. The zero-order chi connectivity index (χ0) is 27.9. The van der Waals surface area contributed by atoms with E-state index < -0.39 is 16.2 Å². The number of anilines is 2. The molecule has 0 saturated carbocycles. The molecule has 4 heterocycles. The van der Waals surface area contributed by atoms with Gasteiger partial charge in [-0.2, -0.15) is 5.10 Å². The molecule has 11 heteroatoms. The fourth-order valence-electron chi connectivity index (χ4n) is 6.21. The number of hydrogen-bond acceptors (Lipinski definition) is 7. The van der Waals surface area contributed by atoms with Crippen molar-refractivity contribution in [3.63, 3.8) is 0 Å². The highest BCUT2D eigenvalue weighted by molar-refractivity contribution is 8.25. The summed E-state index contributed by atoms with van der Waals surface area (Å²) in [4.78, 5) is 30.7. The fraction of sp³-hybridized carbons (Fsp3) is 0.414. The lowest BCUT2D eigenvalue weighted by Crippen LogP contribution is -2.46. The van der Waals surface area contributed by atoms with Crippen LogP contribution < -0.4 is 13.9 Å². The summed E-state index contributed by atoms with van der Waals surface area (Å²) in [5, 5.41) is 6.84. The van der Waals surface area contributed by atoms with Gasteiger partial charge in [-0.15, -0.1) is 10.8 Å². The van der Waals surface area contributed by atoms with Crippen molar-refractivity contribution in [1.82, 2.24) is 15.1 Å². The number of ether oxygens (including phenoxy) is 1. The Labute approximate surface area is 235 Å². The lowest BCUT2D eigenvalue weighted by molar-refractivity contribution is -0.127. The topological polar surface area (TPSA) is 122 Å². The van der Waals surface area contributed by atoms with Crippen LogP contribution in [0, 0.1) is 5.41 Å². The predicted octanol–water partition coefficient (Wildman–Crippen LogP) is 5.01. The summed E-state index contributed by atoms with van der Waals surface area (Å²) in [5.74, 6) is 1.12. The summed E-state index contributed by atoms with van der Waals surface area (Å²) in [5.41, 5.74) is 3.47. The van der Waals surface area contributed by atoms with E-state index in [0.29, 0.717) is 56.1 Å². The van der Waals surface area contributed by atoms with Crippen molar-refractivity contribution < 1.29 is 23.4 Å². The molecule has 212 valence electrons. The van der Waals surface area contributed by atoms with Gasteiger partial charge in [0.25, 0.3) is 5.91 Å². The molecule has 3 saturated heterocycles. The van der Waals surface area contributed by atoms with Gasteiger partial charge in [-0.3, -0.25) is 28.1 Å². The van der Waals surface area contributed by atoms with Crippen LogP contribution in [0.1, 0.15) is 42.5 Å². The van der Waals surface area contributed by atoms with E-state index in [4.69, 9.17) is 4.74 Å². The average molecular weight is 566 g/mol. The van der Waals surface area contributed by atoms with E-state index in [1.54, 1.807) is 48.1 Å². The standard InChI is InChI=1S/C29H35N5O5S/c1-39-26-18-24(8-9-25(26)22-19-30-31-20-22)33-16-12-29(28(33)36)10-14-32(15-11-29)27(35)21-4-6-23(7-5-21)34-13-2-3-17-40(34,37)38/h4-9,18-20,37-38H,2-3,10-17H2,1H3,(H,30,31). The molecule has 0 unspecified atom stereocenters. The quantitative estimate of drug-likeness (QED) is 0.398. The number of methoxy groups -OCH3 is 1. The molecule has 10 nitrogen and oxygen atoms in total. The second-order valence-corrected chi connectivity index (χ2v) is 13.0. The van der Waals surface area contributed by atoms with Crippen molar-refractivity contribution in [2.45, 2.75) is 32.1 Å². The smallest absolute Gasteiger partial charge is 0.253 e. The number of rotatable bonds is 5. The van der Waals surface area contributed by atoms with E-state index in [-0.39, 0.29) is 11.8 Å². The van der Waals surface area contributed by atoms with Gasteiger partial charge in [0.1, 0.15) is 5.75 Å². The molecule has 3 aromatic rings. The minimum absolute atomic E-state index is 0.0616. The highest BCUT2D eigenvalue weighted by Crippen LogP contribution is 2.49. The van der Waals surface area contributed by atoms with Gasteiger partial charge in [-0.05, 0) is 68.5 Å². The Morgan fingerprint density at radius 3 is 2.40 bits per heavy atom. The number of likely N-dealkylation sites (tertiary alicyclic amines) is 1. The fourth-order valence-corrected chi connectivity index (χ4v) is 7.90. The average Bonchev–Trinajstić information content (AvgIpc) is 3.62. The highest BCUT2D eigenvalue weighted by atomic mass is 32.3. The number of aromatic amines is 1. The molecule has 1 spiro atoms. The van der Waals surface area contributed by atoms with Gasteiger partial charge in [0.05, 0.1) is 30.2 Å². The number of carbonyl (C=O) groups excluding carboxylic acids is 2. The Bertz CT molecular complexity index is 1390. The number of benzene rings is 2. The molecule has 2 aromatic carbocycles. The maximum absolute atomic E-state index is 13.7. The molecule has 3 aliphatic heterocycles. The summed E-state index contributed by atoms with van der Waals surface area (Å²) >= 11 is 0. The van der Waals surface area contributed by atoms with Crippen molar-refractivity contribution in [3.05, 3.63) is 60.4 Å². The van der Waals surface area contributed by atoms with E-state index >= 15 is 0 Å². The normalized spacial score (nSPS) is 21.1. The third-order valence-electron chi connectivity index (χ3n) is 8.61. The molecule has 0 bridgehead atoms. The van der Waals surface area contributed by atoms with Crippen molar-refractivity contribution in [1.29, 1.82) is 0 Å². The van der Waals surface area contributed by atoms with Gasteiger partial charge in [-0.25, -0.2) is 0 Å². The summed E-state index contributed by atoms with van der Waals surface area (Å²) < 4.78 is 28.1. The number of aromatic nitrogens is 2. The van der Waals surface area contributed by atoms with Crippen LogP contribution in [0.2, 0.25) is 0 Å². The largest absolute Gasteiger partial charge is 0.496 e. The molecule has 3 aliphatic rings. The Hall–Kier alpha value is -3.54. The minimum Gasteiger partial charge on any atom is -0.496 e. The van der Waals surface area contributed by atoms with Gasteiger partial charge < -0.3 is 14.5 Å². The number of hydrogen-bond donors (Lipinski definition) is 3. The monoisotopic (exact) mass is 565 g/mol. The van der Waals surface area contributed by atoms with E-state index in [0.717, 1.165) is 41.8 Å². The predicted molar refractivity (Wildman–Crippen MR) is 156 cm³/mol. The first-order valence-electron chi connectivity index (χ1n) is 13.7. The van der Waals surface area contributed by atoms with Gasteiger partial charge >= 0.3 is 0 Å². The number of H-pyrrole nitrogens is 1. The van der Waals surface area contributed by atoms with Crippen molar-refractivity contribution in [2.24, 2.45) is 5.41 Å². The van der Waals surface area contributed by atoms with E-state index in [1.165, 1.54) is 0 Å². The molecule has 2 amide bonds. The first kappa shape index (κ1) is 26.7. The Balaban J connectivity index is 1.11. The number of amides is 2. The van der Waals surface area contributed by atoms with E-state index in [2.05, 4.69) is 10.2 Å². The number of nitrogens with one attached hydrogen (secondary N) is 1. The lowest BCUT2D eigenvalue weighted by Gasteiger charge is -2.47. The van der Waals surface area contributed by atoms with Crippen LogP contribution in [0.15, 0.2) is 54.9 Å². The van der Waals surface area contributed by atoms with Gasteiger partial charge in [0, 0.05) is 60.8 Å². The molecule has 3 N–H and O–H groups in total. The highest BCUT2D eigenvalue weighted by Gasteiger charge is 2.49. The van der Waals surface area contributed by atoms with Crippen LogP contribution in [-0.2, 0) is 4.79 Å². The third-order valence-corrected chi connectivity index (χ3v) is 10.5. The maximum Gasteiger partial charge on any atom is 0.253 e. The number of nitrogens with zero attached hydrogens (tertiary/aromatic N) is 4. The molecule has 40 heavy (non-hydrogen) atoms. The lowest BCUT2D eigenvalue weighted by atomic mass is 9.77. The van der Waals surface area contributed by atoms with Crippen LogP contribution in [0.4, 0.5) is 11.4 Å². The number of carbonyl (C=O) groups is 2. The molecule has 3 fully saturated rings. The Kier molecular flexibility index (Phi) is 6.97. The van der Waals surface area contributed by atoms with Crippen molar-refractivity contribution in [2.75, 3.05) is 48.2 Å². The van der Waals surface area contributed by atoms with Crippen LogP contribution in [0.3, 0.4) is 0 Å². The maximum atomic E-state index is 13.7. The molecule has 0 aliphatic carbocycles. The second kappa shape index (κ2) is 10.5. The van der Waals surface area contributed by atoms with E-state index in [9.17, 15) is 18.7 Å².